The average Bonchev–Trinajstić information content (AvgIpc) is 2.85. The Morgan fingerprint density at radius 1 is 1.09 bits per heavy atom. The van der Waals surface area contributed by atoms with E-state index in [4.69, 9.17) is 0 Å². The average molecular weight is 442 g/mol. The highest BCUT2D eigenvalue weighted by molar-refractivity contribution is 6.04. The topological polar surface area (TPSA) is 88.2 Å². The second kappa shape index (κ2) is 8.89. The van der Waals surface area contributed by atoms with E-state index in [1.165, 1.54) is 6.08 Å². The van der Waals surface area contributed by atoms with Crippen molar-refractivity contribution in [3.05, 3.63) is 94.7 Å². The Hall–Kier alpha value is -3.35. The predicted molar refractivity (Wildman–Crippen MR) is 129 cm³/mol. The van der Waals surface area contributed by atoms with E-state index < -0.39 is 12.2 Å². The largest absolute Gasteiger partial charge is 0.391 e. The molecule has 6 heteroatoms. The highest BCUT2D eigenvalue weighted by atomic mass is 16.3. The number of nitrogens with zero attached hydrogens (tertiary/aromatic N) is 3. The maximum Gasteiger partial charge on any atom is 0.261 e. The smallest absolute Gasteiger partial charge is 0.261 e. The van der Waals surface area contributed by atoms with E-state index in [-0.39, 0.29) is 11.6 Å². The Labute approximate surface area is 191 Å². The molecule has 0 amide bonds. The van der Waals surface area contributed by atoms with Crippen LogP contribution in [-0.4, -0.2) is 30.9 Å². The lowest BCUT2D eigenvalue weighted by Crippen LogP contribution is -2.34. The monoisotopic (exact) mass is 441 g/mol. The van der Waals surface area contributed by atoms with Crippen LogP contribution in [0.4, 0.5) is 0 Å². The van der Waals surface area contributed by atoms with Gasteiger partial charge in [0.2, 0.25) is 0 Å². The summed E-state index contributed by atoms with van der Waals surface area (Å²) >= 11 is 0. The van der Waals surface area contributed by atoms with E-state index in [1.54, 1.807) is 17.1 Å². The minimum atomic E-state index is -0.690. The van der Waals surface area contributed by atoms with Gasteiger partial charge < -0.3 is 10.2 Å². The molecule has 33 heavy (non-hydrogen) atoms. The van der Waals surface area contributed by atoms with E-state index in [0.717, 1.165) is 41.3 Å². The minimum Gasteiger partial charge on any atom is -0.391 e. The van der Waals surface area contributed by atoms with Crippen molar-refractivity contribution in [1.82, 2.24) is 14.5 Å². The summed E-state index contributed by atoms with van der Waals surface area (Å²) in [7, 11) is 0. The van der Waals surface area contributed by atoms with Crippen LogP contribution in [0.5, 0.6) is 0 Å². The molecule has 5 rings (SSSR count). The third kappa shape index (κ3) is 3.96. The summed E-state index contributed by atoms with van der Waals surface area (Å²) in [6.07, 6.45) is 7.63. The molecule has 0 radical (unpaired) electrons. The van der Waals surface area contributed by atoms with Crippen LogP contribution in [0.25, 0.3) is 21.8 Å². The molecule has 2 heterocycles. The third-order valence-corrected chi connectivity index (χ3v) is 6.72. The van der Waals surface area contributed by atoms with Gasteiger partial charge in [-0.25, -0.2) is 4.98 Å². The van der Waals surface area contributed by atoms with Crippen LogP contribution in [-0.2, 0) is 6.42 Å². The molecular formula is C27H27N3O3. The normalized spacial score (nSPS) is 19.6. The molecule has 3 atom stereocenters. The van der Waals surface area contributed by atoms with Gasteiger partial charge in [0, 0.05) is 11.6 Å². The van der Waals surface area contributed by atoms with Gasteiger partial charge in [0.05, 0.1) is 35.5 Å². The Bertz CT molecular complexity index is 1380. The molecule has 1 saturated carbocycles. The molecule has 0 saturated heterocycles. The first-order valence-corrected chi connectivity index (χ1v) is 11.4. The minimum absolute atomic E-state index is 0.135. The summed E-state index contributed by atoms with van der Waals surface area (Å²) in [5.74, 6) is 0. The number of fused-ring (bicyclic) bond motifs is 3. The second-order valence-electron chi connectivity index (χ2n) is 8.81. The Kier molecular flexibility index (Phi) is 5.79. The van der Waals surface area contributed by atoms with Crippen molar-refractivity contribution >= 4 is 21.8 Å². The fourth-order valence-electron chi connectivity index (χ4n) is 4.89. The summed E-state index contributed by atoms with van der Waals surface area (Å²) in [5, 5.41) is 21.9. The van der Waals surface area contributed by atoms with Gasteiger partial charge in [-0.2, -0.15) is 0 Å². The van der Waals surface area contributed by atoms with Crippen molar-refractivity contribution in [3.8, 4) is 0 Å². The van der Waals surface area contributed by atoms with Crippen LogP contribution in [0, 0.1) is 0 Å². The fourth-order valence-corrected chi connectivity index (χ4v) is 4.89. The van der Waals surface area contributed by atoms with Gasteiger partial charge in [0.15, 0.2) is 0 Å². The van der Waals surface area contributed by atoms with E-state index >= 15 is 0 Å². The zero-order valence-electron chi connectivity index (χ0n) is 18.4. The lowest BCUT2D eigenvalue weighted by atomic mass is 9.92. The van der Waals surface area contributed by atoms with Gasteiger partial charge in [0.25, 0.3) is 5.56 Å². The number of benzene rings is 2. The van der Waals surface area contributed by atoms with Gasteiger partial charge in [-0.05, 0) is 48.1 Å². The number of aliphatic hydroxyl groups excluding tert-OH is 2. The second-order valence-corrected chi connectivity index (χ2v) is 8.81. The first-order valence-electron chi connectivity index (χ1n) is 11.4. The SMILES string of the molecule is C=CC(O)c1ccc(Cc2cc3c(=O)n([C@H]4CCCC[C@@H]4O)cnc3c3ncccc23)cc1. The molecule has 2 aromatic carbocycles. The predicted octanol–water partition coefficient (Wildman–Crippen LogP) is 4.23. The zero-order valence-corrected chi connectivity index (χ0v) is 18.4. The maximum absolute atomic E-state index is 13.5. The lowest BCUT2D eigenvalue weighted by molar-refractivity contribution is 0.0735. The highest BCUT2D eigenvalue weighted by Crippen LogP contribution is 2.30. The van der Waals surface area contributed by atoms with Crippen LogP contribution < -0.4 is 5.56 Å². The third-order valence-electron chi connectivity index (χ3n) is 6.72. The van der Waals surface area contributed by atoms with Gasteiger partial charge in [-0.15, -0.1) is 6.58 Å². The summed E-state index contributed by atoms with van der Waals surface area (Å²) in [6, 6.07) is 13.3. The molecule has 1 unspecified atom stereocenters. The first kappa shape index (κ1) is 21.5. The van der Waals surface area contributed by atoms with Crippen LogP contribution in [0.1, 0.15) is 54.5 Å². The molecule has 0 aliphatic heterocycles. The molecule has 1 fully saturated rings. The molecule has 1 aliphatic rings. The van der Waals surface area contributed by atoms with Gasteiger partial charge >= 0.3 is 0 Å². The fraction of sp³-hybridized carbons (Fsp3) is 0.296. The van der Waals surface area contributed by atoms with E-state index in [2.05, 4.69) is 16.5 Å². The number of pyridine rings is 1. The van der Waals surface area contributed by atoms with Crippen molar-refractivity contribution in [3.63, 3.8) is 0 Å². The standard InChI is InChI=1S/C27H27N3O3/c1-2-23(31)18-11-9-17(10-12-18)14-19-15-21-26(25-20(19)6-5-13-28-25)29-16-30(27(21)33)22-7-3-4-8-24(22)32/h2,5-6,9-13,15-16,22-24,31-32H,1,3-4,7-8,14H2/t22-,23?,24-/m0/s1. The first-order chi connectivity index (χ1) is 16.1. The Morgan fingerprint density at radius 2 is 1.85 bits per heavy atom. The summed E-state index contributed by atoms with van der Waals surface area (Å²) < 4.78 is 1.61. The quantitative estimate of drug-likeness (QED) is 0.357. The summed E-state index contributed by atoms with van der Waals surface area (Å²) in [6.45, 7) is 3.63. The van der Waals surface area contributed by atoms with Crippen molar-refractivity contribution in [2.75, 3.05) is 0 Å². The molecular weight excluding hydrogens is 414 g/mol. The van der Waals surface area contributed by atoms with Crippen LogP contribution in [0.15, 0.2) is 72.4 Å². The highest BCUT2D eigenvalue weighted by Gasteiger charge is 2.26. The number of rotatable bonds is 5. The van der Waals surface area contributed by atoms with E-state index in [0.29, 0.717) is 29.3 Å². The molecule has 168 valence electrons. The van der Waals surface area contributed by atoms with E-state index in [1.807, 2.05) is 42.5 Å². The summed E-state index contributed by atoms with van der Waals surface area (Å²) in [4.78, 5) is 22.7. The number of aliphatic hydroxyl groups is 2. The number of hydrogen-bond acceptors (Lipinski definition) is 5. The lowest BCUT2D eigenvalue weighted by Gasteiger charge is -2.29. The van der Waals surface area contributed by atoms with Gasteiger partial charge in [0.1, 0.15) is 5.52 Å². The van der Waals surface area contributed by atoms with Crippen LogP contribution in [0.2, 0.25) is 0 Å². The molecule has 4 aromatic rings. The number of aromatic nitrogens is 3. The molecule has 0 bridgehead atoms. The molecule has 6 nitrogen and oxygen atoms in total. The number of hydrogen-bond donors (Lipinski definition) is 2. The van der Waals surface area contributed by atoms with Crippen molar-refractivity contribution < 1.29 is 10.2 Å². The van der Waals surface area contributed by atoms with Crippen molar-refractivity contribution in [2.24, 2.45) is 0 Å². The Balaban J connectivity index is 1.62. The van der Waals surface area contributed by atoms with Crippen LogP contribution >= 0.6 is 0 Å². The van der Waals surface area contributed by atoms with Gasteiger partial charge in [-0.1, -0.05) is 49.2 Å². The van der Waals surface area contributed by atoms with E-state index in [9.17, 15) is 15.0 Å². The van der Waals surface area contributed by atoms with Crippen molar-refractivity contribution in [2.45, 2.75) is 50.4 Å². The molecule has 0 spiro atoms. The molecule has 1 aliphatic carbocycles. The van der Waals surface area contributed by atoms with Crippen molar-refractivity contribution in [1.29, 1.82) is 0 Å². The zero-order chi connectivity index (χ0) is 22.9. The maximum atomic E-state index is 13.5. The molecule has 2 aromatic heterocycles. The van der Waals surface area contributed by atoms with Gasteiger partial charge in [-0.3, -0.25) is 14.3 Å². The Morgan fingerprint density at radius 3 is 2.61 bits per heavy atom. The summed E-state index contributed by atoms with van der Waals surface area (Å²) in [5.41, 5.74) is 4.00. The molecule has 2 N–H and O–H groups in total. The van der Waals surface area contributed by atoms with Crippen LogP contribution in [0.3, 0.4) is 0 Å².